The molecule has 0 bridgehead atoms. The van der Waals surface area contributed by atoms with E-state index in [9.17, 15) is 14.0 Å². The molecule has 1 saturated carbocycles. The van der Waals surface area contributed by atoms with E-state index in [-0.39, 0.29) is 17.7 Å². The van der Waals surface area contributed by atoms with Gasteiger partial charge in [0.05, 0.1) is 0 Å². The number of nitrogens with one attached hydrogen (secondary N) is 1. The van der Waals surface area contributed by atoms with Crippen LogP contribution in [0.1, 0.15) is 38.2 Å². The molecule has 0 aromatic heterocycles. The molecule has 1 fully saturated rings. The lowest BCUT2D eigenvalue weighted by atomic mass is 10.0. The van der Waals surface area contributed by atoms with Crippen LogP contribution in [0.4, 0.5) is 4.39 Å². The quantitative estimate of drug-likeness (QED) is 0.843. The van der Waals surface area contributed by atoms with E-state index >= 15 is 0 Å². The Hall–Kier alpha value is -1.62. The fourth-order valence-corrected chi connectivity index (χ4v) is 2.94. The van der Waals surface area contributed by atoms with Gasteiger partial charge in [0.2, 0.25) is 5.91 Å². The summed E-state index contributed by atoms with van der Waals surface area (Å²) < 4.78 is 13.8. The number of carbonyl (C=O) groups excluding carboxylic acids is 1. The second kappa shape index (κ2) is 6.65. The lowest BCUT2D eigenvalue weighted by Crippen LogP contribution is -2.42. The van der Waals surface area contributed by atoms with Crippen molar-refractivity contribution >= 4 is 23.5 Å². The molecule has 0 aliphatic heterocycles. The van der Waals surface area contributed by atoms with Crippen LogP contribution in [-0.4, -0.2) is 23.0 Å². The van der Waals surface area contributed by atoms with Crippen molar-refractivity contribution in [1.29, 1.82) is 0 Å². The topological polar surface area (TPSA) is 66.4 Å². The maximum absolute atomic E-state index is 13.8. The van der Waals surface area contributed by atoms with E-state index in [0.717, 1.165) is 0 Å². The van der Waals surface area contributed by atoms with E-state index in [4.69, 9.17) is 16.7 Å². The molecule has 4 nitrogen and oxygen atoms in total. The molecular weight excluding hydrogens is 309 g/mol. The van der Waals surface area contributed by atoms with Gasteiger partial charge in [-0.1, -0.05) is 31.5 Å². The van der Waals surface area contributed by atoms with Gasteiger partial charge in [-0.2, -0.15) is 0 Å². The minimum absolute atomic E-state index is 0.150. The Labute approximate surface area is 133 Å². The zero-order valence-corrected chi connectivity index (χ0v) is 13.2. The number of hydrogen-bond acceptors (Lipinski definition) is 2. The SMILES string of the molecule is CC(C)CC(NC(=O)C1CC1c1c(F)cccc1Cl)C(=O)O. The summed E-state index contributed by atoms with van der Waals surface area (Å²) in [5.41, 5.74) is 0.347. The third-order valence-corrected chi connectivity index (χ3v) is 4.15. The Balaban J connectivity index is 2.02. The highest BCUT2D eigenvalue weighted by Crippen LogP contribution is 2.50. The van der Waals surface area contributed by atoms with Crippen LogP contribution in [0.2, 0.25) is 5.02 Å². The predicted molar refractivity (Wildman–Crippen MR) is 81.3 cm³/mol. The second-order valence-electron chi connectivity index (χ2n) is 6.11. The molecule has 22 heavy (non-hydrogen) atoms. The number of carbonyl (C=O) groups is 2. The van der Waals surface area contributed by atoms with Crippen LogP contribution in [-0.2, 0) is 9.59 Å². The number of carboxylic acid groups (broad SMARTS) is 1. The van der Waals surface area contributed by atoms with Crippen LogP contribution in [0.5, 0.6) is 0 Å². The normalized spacial score (nSPS) is 21.5. The highest BCUT2D eigenvalue weighted by Gasteiger charge is 2.47. The van der Waals surface area contributed by atoms with Gasteiger partial charge in [-0.3, -0.25) is 4.79 Å². The van der Waals surface area contributed by atoms with E-state index < -0.39 is 23.7 Å². The summed E-state index contributed by atoms with van der Waals surface area (Å²) in [6.45, 7) is 3.78. The van der Waals surface area contributed by atoms with Crippen LogP contribution in [0.15, 0.2) is 18.2 Å². The maximum Gasteiger partial charge on any atom is 0.326 e. The lowest BCUT2D eigenvalue weighted by molar-refractivity contribution is -0.142. The molecule has 6 heteroatoms. The number of hydrogen-bond donors (Lipinski definition) is 2. The third-order valence-electron chi connectivity index (χ3n) is 3.82. The molecular formula is C16H19ClFNO3. The number of amides is 1. The molecule has 3 atom stereocenters. The van der Waals surface area contributed by atoms with Gasteiger partial charge in [0.1, 0.15) is 11.9 Å². The maximum atomic E-state index is 13.8. The Kier molecular flexibility index (Phi) is 5.06. The first kappa shape index (κ1) is 16.7. The molecule has 0 saturated heterocycles. The van der Waals surface area contributed by atoms with E-state index in [1.807, 2.05) is 13.8 Å². The molecule has 1 aliphatic carbocycles. The van der Waals surface area contributed by atoms with Crippen LogP contribution >= 0.6 is 11.6 Å². The van der Waals surface area contributed by atoms with E-state index in [0.29, 0.717) is 23.4 Å². The Morgan fingerprint density at radius 3 is 2.68 bits per heavy atom. The molecule has 1 aliphatic rings. The first-order valence-corrected chi connectivity index (χ1v) is 7.66. The van der Waals surface area contributed by atoms with Crippen molar-refractivity contribution in [3.8, 4) is 0 Å². The van der Waals surface area contributed by atoms with Crippen LogP contribution in [0, 0.1) is 17.7 Å². The second-order valence-corrected chi connectivity index (χ2v) is 6.52. The average Bonchev–Trinajstić information content (AvgIpc) is 3.17. The molecule has 120 valence electrons. The number of halogens is 2. The molecule has 1 amide bonds. The minimum Gasteiger partial charge on any atom is -0.480 e. The van der Waals surface area contributed by atoms with Gasteiger partial charge in [0.15, 0.2) is 0 Å². The number of carboxylic acids is 1. The lowest BCUT2D eigenvalue weighted by Gasteiger charge is -2.16. The smallest absolute Gasteiger partial charge is 0.326 e. The van der Waals surface area contributed by atoms with Crippen LogP contribution in [0.25, 0.3) is 0 Å². The van der Waals surface area contributed by atoms with Crippen LogP contribution in [0.3, 0.4) is 0 Å². The predicted octanol–water partition coefficient (Wildman–Crippen LogP) is 3.20. The Morgan fingerprint density at radius 2 is 2.14 bits per heavy atom. The van der Waals surface area contributed by atoms with Crippen molar-refractivity contribution in [2.24, 2.45) is 11.8 Å². The van der Waals surface area contributed by atoms with E-state index in [2.05, 4.69) is 5.32 Å². The molecule has 3 unspecified atom stereocenters. The van der Waals surface area contributed by atoms with Gasteiger partial charge >= 0.3 is 5.97 Å². The number of benzene rings is 1. The van der Waals surface area contributed by atoms with Gasteiger partial charge in [-0.25, -0.2) is 9.18 Å². The largest absolute Gasteiger partial charge is 0.480 e. The summed E-state index contributed by atoms with van der Waals surface area (Å²) in [6.07, 6.45) is 0.847. The average molecular weight is 328 g/mol. The van der Waals surface area contributed by atoms with E-state index in [1.54, 1.807) is 6.07 Å². The summed E-state index contributed by atoms with van der Waals surface area (Å²) >= 11 is 5.99. The minimum atomic E-state index is -1.05. The van der Waals surface area contributed by atoms with Crippen molar-refractivity contribution in [3.05, 3.63) is 34.6 Å². The summed E-state index contributed by atoms with van der Waals surface area (Å²) in [7, 11) is 0. The summed E-state index contributed by atoms with van der Waals surface area (Å²) in [5.74, 6) is -2.37. The molecule has 1 aromatic rings. The van der Waals surface area contributed by atoms with Gasteiger partial charge in [0.25, 0.3) is 0 Å². The summed E-state index contributed by atoms with van der Waals surface area (Å²) in [6, 6.07) is 3.51. The summed E-state index contributed by atoms with van der Waals surface area (Å²) in [4.78, 5) is 23.3. The first-order chi connectivity index (χ1) is 10.3. The van der Waals surface area contributed by atoms with Gasteiger partial charge < -0.3 is 10.4 Å². The van der Waals surface area contributed by atoms with E-state index in [1.165, 1.54) is 12.1 Å². The molecule has 0 heterocycles. The Morgan fingerprint density at radius 1 is 1.45 bits per heavy atom. The number of aliphatic carboxylic acids is 1. The molecule has 1 aromatic carbocycles. The Bertz CT molecular complexity index is 571. The standard InChI is InChI=1S/C16H19ClFNO3/c1-8(2)6-13(16(21)22)19-15(20)10-7-9(10)14-11(17)4-3-5-12(14)18/h3-5,8-10,13H,6-7H2,1-2H3,(H,19,20)(H,21,22). The number of rotatable bonds is 6. The highest BCUT2D eigenvalue weighted by atomic mass is 35.5. The molecule has 2 N–H and O–H groups in total. The molecule has 0 radical (unpaired) electrons. The van der Waals surface area contributed by atoms with Gasteiger partial charge in [-0.15, -0.1) is 0 Å². The fraction of sp³-hybridized carbons (Fsp3) is 0.500. The monoisotopic (exact) mass is 327 g/mol. The van der Waals surface area contributed by atoms with Crippen LogP contribution < -0.4 is 5.32 Å². The van der Waals surface area contributed by atoms with Crippen molar-refractivity contribution in [3.63, 3.8) is 0 Å². The van der Waals surface area contributed by atoms with Crippen molar-refractivity contribution in [2.75, 3.05) is 0 Å². The summed E-state index contributed by atoms with van der Waals surface area (Å²) in [5, 5.41) is 12.0. The van der Waals surface area contributed by atoms with Crippen molar-refractivity contribution in [1.82, 2.24) is 5.32 Å². The van der Waals surface area contributed by atoms with Gasteiger partial charge in [-0.05, 0) is 30.9 Å². The molecule has 0 spiro atoms. The van der Waals surface area contributed by atoms with Gasteiger partial charge in [0, 0.05) is 22.4 Å². The third kappa shape index (κ3) is 3.77. The van der Waals surface area contributed by atoms with Crippen molar-refractivity contribution < 1.29 is 19.1 Å². The first-order valence-electron chi connectivity index (χ1n) is 7.28. The fourth-order valence-electron chi connectivity index (χ4n) is 2.64. The zero-order valence-electron chi connectivity index (χ0n) is 12.5. The zero-order chi connectivity index (χ0) is 16.4. The highest BCUT2D eigenvalue weighted by molar-refractivity contribution is 6.31. The molecule has 2 rings (SSSR count). The van der Waals surface area contributed by atoms with Crippen molar-refractivity contribution in [2.45, 2.75) is 38.6 Å².